The van der Waals surface area contributed by atoms with E-state index in [1.165, 1.54) is 21.9 Å². The highest BCUT2D eigenvalue weighted by Gasteiger charge is 2.33. The van der Waals surface area contributed by atoms with Gasteiger partial charge >= 0.3 is 0 Å². The van der Waals surface area contributed by atoms with E-state index in [9.17, 15) is 0 Å². The molecule has 0 saturated heterocycles. The van der Waals surface area contributed by atoms with Crippen molar-refractivity contribution in [3.63, 3.8) is 0 Å². The molecule has 248 valence electrons. The molecule has 7 aromatic rings. The van der Waals surface area contributed by atoms with Crippen molar-refractivity contribution in [2.45, 2.75) is 31.7 Å². The standard InChI is InChI=1S/C47H39NO2Si/c1-51(2,3)39-22-18-34(19-23-39)35-20-26-42-40-24-16-32(28-44(40)49-46(42)30-35)14-15-33-17-25-41-43-27-21-38(31-47(43)50-45(41)29-33)48(36-10-6-4-7-11-36)37-12-8-5-9-13-37/h4-31,42,46H,1-3H3/b15-14+. The second-order valence-corrected chi connectivity index (χ2v) is 19.7. The van der Waals surface area contributed by atoms with Crippen LogP contribution in [0, 0.1) is 0 Å². The minimum Gasteiger partial charge on any atom is -0.485 e. The van der Waals surface area contributed by atoms with E-state index in [0.717, 1.165) is 55.9 Å². The van der Waals surface area contributed by atoms with E-state index in [4.69, 9.17) is 9.15 Å². The van der Waals surface area contributed by atoms with Crippen molar-refractivity contribution in [2.75, 3.05) is 4.90 Å². The maximum Gasteiger partial charge on any atom is 0.137 e. The van der Waals surface area contributed by atoms with Gasteiger partial charge in [-0.15, -0.1) is 0 Å². The molecular weight excluding hydrogens is 639 g/mol. The summed E-state index contributed by atoms with van der Waals surface area (Å²) in [5.41, 5.74) is 10.9. The van der Waals surface area contributed by atoms with Crippen molar-refractivity contribution in [3.05, 3.63) is 180 Å². The Balaban J connectivity index is 0.951. The molecule has 0 radical (unpaired) electrons. The molecule has 2 unspecified atom stereocenters. The van der Waals surface area contributed by atoms with Crippen molar-refractivity contribution in [2.24, 2.45) is 0 Å². The van der Waals surface area contributed by atoms with Gasteiger partial charge in [0.1, 0.15) is 23.0 Å². The number of furan rings is 1. The van der Waals surface area contributed by atoms with Crippen LogP contribution >= 0.6 is 0 Å². The summed E-state index contributed by atoms with van der Waals surface area (Å²) in [6.45, 7) is 7.17. The number of rotatable bonds is 7. The summed E-state index contributed by atoms with van der Waals surface area (Å²) in [6, 6.07) is 49.6. The zero-order chi connectivity index (χ0) is 34.5. The molecule has 0 amide bonds. The van der Waals surface area contributed by atoms with E-state index in [0.29, 0.717) is 0 Å². The van der Waals surface area contributed by atoms with Crippen molar-refractivity contribution in [1.82, 2.24) is 0 Å². The molecule has 2 atom stereocenters. The minimum absolute atomic E-state index is 0.0133. The summed E-state index contributed by atoms with van der Waals surface area (Å²) >= 11 is 0. The van der Waals surface area contributed by atoms with Gasteiger partial charge in [-0.1, -0.05) is 128 Å². The number of ether oxygens (including phenoxy) is 1. The first-order valence-electron chi connectivity index (χ1n) is 17.7. The summed E-state index contributed by atoms with van der Waals surface area (Å²) < 4.78 is 13.0. The fourth-order valence-corrected chi connectivity index (χ4v) is 8.56. The Hall–Kier alpha value is -5.84. The molecule has 51 heavy (non-hydrogen) atoms. The van der Waals surface area contributed by atoms with Gasteiger partial charge in [-0.3, -0.25) is 0 Å². The molecule has 6 aromatic carbocycles. The molecule has 2 aliphatic rings. The molecule has 0 spiro atoms. The maximum atomic E-state index is 6.53. The molecule has 1 aromatic heterocycles. The molecule has 3 nitrogen and oxygen atoms in total. The van der Waals surface area contributed by atoms with E-state index < -0.39 is 8.07 Å². The smallest absolute Gasteiger partial charge is 0.137 e. The number of benzene rings is 6. The first kappa shape index (κ1) is 31.2. The molecule has 9 rings (SSSR count). The Morgan fingerprint density at radius 3 is 1.92 bits per heavy atom. The van der Waals surface area contributed by atoms with Gasteiger partial charge in [0.2, 0.25) is 0 Å². The van der Waals surface area contributed by atoms with Crippen LogP contribution in [-0.4, -0.2) is 14.2 Å². The Kier molecular flexibility index (Phi) is 7.63. The topological polar surface area (TPSA) is 25.6 Å². The van der Waals surface area contributed by atoms with Crippen molar-refractivity contribution < 1.29 is 9.15 Å². The lowest BCUT2D eigenvalue weighted by molar-refractivity contribution is 0.269. The van der Waals surface area contributed by atoms with E-state index >= 15 is 0 Å². The average molecular weight is 678 g/mol. The molecule has 1 aliphatic heterocycles. The summed E-state index contributed by atoms with van der Waals surface area (Å²) in [4.78, 5) is 2.26. The third-order valence-electron chi connectivity index (χ3n) is 10.2. The highest BCUT2D eigenvalue weighted by Crippen LogP contribution is 2.44. The van der Waals surface area contributed by atoms with Crippen molar-refractivity contribution in [3.8, 4) is 5.75 Å². The molecule has 0 bridgehead atoms. The predicted molar refractivity (Wildman–Crippen MR) is 217 cm³/mol. The first-order chi connectivity index (χ1) is 24.9. The monoisotopic (exact) mass is 677 g/mol. The largest absolute Gasteiger partial charge is 0.485 e. The highest BCUT2D eigenvalue weighted by atomic mass is 28.3. The SMILES string of the molecule is C[Si](C)(C)c1ccc(C2=CC3Oc4cc(/C=C/c5ccc6c(c5)oc5cc(N(c7ccccc7)c7ccccc7)ccc56)ccc4C3C=C2)cc1. The lowest BCUT2D eigenvalue weighted by Crippen LogP contribution is -2.37. The fourth-order valence-electron chi connectivity index (χ4n) is 7.39. The Labute approximate surface area is 300 Å². The summed E-state index contributed by atoms with van der Waals surface area (Å²) in [5, 5.41) is 3.70. The maximum absolute atomic E-state index is 6.53. The normalized spacial score (nSPS) is 16.6. The van der Waals surface area contributed by atoms with Gasteiger partial charge in [0.05, 0.1) is 8.07 Å². The van der Waals surface area contributed by atoms with Crippen molar-refractivity contribution in [1.29, 1.82) is 0 Å². The van der Waals surface area contributed by atoms with Gasteiger partial charge in [-0.05, 0) is 82.9 Å². The average Bonchev–Trinajstić information content (AvgIpc) is 3.71. The molecule has 0 N–H and O–H groups in total. The molecule has 1 aliphatic carbocycles. The predicted octanol–water partition coefficient (Wildman–Crippen LogP) is 12.3. The summed E-state index contributed by atoms with van der Waals surface area (Å²) in [6.07, 6.45) is 11.2. The van der Waals surface area contributed by atoms with Gasteiger partial charge in [0, 0.05) is 45.4 Å². The molecular formula is C47H39NO2Si. The van der Waals surface area contributed by atoms with Crippen LogP contribution < -0.4 is 14.8 Å². The van der Waals surface area contributed by atoms with Crippen LogP contribution in [0.4, 0.5) is 17.1 Å². The first-order valence-corrected chi connectivity index (χ1v) is 21.2. The van der Waals surface area contributed by atoms with E-state index in [-0.39, 0.29) is 12.0 Å². The van der Waals surface area contributed by atoms with Gasteiger partial charge in [-0.2, -0.15) is 0 Å². The van der Waals surface area contributed by atoms with Crippen LogP contribution in [-0.2, 0) is 0 Å². The fraction of sp³-hybridized carbons (Fsp3) is 0.106. The lowest BCUT2D eigenvalue weighted by atomic mass is 9.87. The van der Waals surface area contributed by atoms with Gasteiger partial charge in [0.25, 0.3) is 0 Å². The van der Waals surface area contributed by atoms with Crippen LogP contribution in [0.1, 0.15) is 28.2 Å². The number of fused-ring (bicyclic) bond motifs is 6. The number of para-hydroxylation sites is 2. The van der Waals surface area contributed by atoms with E-state index in [1.54, 1.807) is 0 Å². The van der Waals surface area contributed by atoms with Crippen LogP contribution in [0.2, 0.25) is 19.6 Å². The quantitative estimate of drug-likeness (QED) is 0.124. The minimum atomic E-state index is -1.32. The van der Waals surface area contributed by atoms with Crippen LogP contribution in [0.15, 0.2) is 162 Å². The second-order valence-electron chi connectivity index (χ2n) is 14.6. The van der Waals surface area contributed by atoms with E-state index in [1.807, 2.05) is 12.1 Å². The molecule has 4 heteroatoms. The Bertz CT molecular complexity index is 2450. The van der Waals surface area contributed by atoms with Crippen LogP contribution in [0.25, 0.3) is 39.7 Å². The number of hydrogen-bond acceptors (Lipinski definition) is 3. The third kappa shape index (κ3) is 5.92. The number of nitrogens with zero attached hydrogens (tertiary/aromatic N) is 1. The third-order valence-corrected chi connectivity index (χ3v) is 12.2. The Morgan fingerprint density at radius 2 is 1.24 bits per heavy atom. The lowest BCUT2D eigenvalue weighted by Gasteiger charge is -2.25. The zero-order valence-electron chi connectivity index (χ0n) is 29.1. The van der Waals surface area contributed by atoms with Gasteiger partial charge < -0.3 is 14.1 Å². The van der Waals surface area contributed by atoms with Crippen LogP contribution in [0.5, 0.6) is 5.75 Å². The number of anilines is 3. The molecule has 0 saturated carbocycles. The van der Waals surface area contributed by atoms with Gasteiger partial charge in [-0.25, -0.2) is 0 Å². The highest BCUT2D eigenvalue weighted by molar-refractivity contribution is 6.88. The molecule has 2 heterocycles. The van der Waals surface area contributed by atoms with Crippen LogP contribution in [0.3, 0.4) is 0 Å². The molecule has 0 fully saturated rings. The van der Waals surface area contributed by atoms with E-state index in [2.05, 4.69) is 182 Å². The second kappa shape index (κ2) is 12.5. The summed E-state index contributed by atoms with van der Waals surface area (Å²) in [5.74, 6) is 1.21. The Morgan fingerprint density at radius 1 is 0.608 bits per heavy atom. The van der Waals surface area contributed by atoms with Crippen molar-refractivity contribution >= 4 is 70.0 Å². The number of hydrogen-bond donors (Lipinski definition) is 0. The summed E-state index contributed by atoms with van der Waals surface area (Å²) in [7, 11) is -1.32. The van der Waals surface area contributed by atoms with Gasteiger partial charge in [0.15, 0.2) is 0 Å². The zero-order valence-corrected chi connectivity index (χ0v) is 30.1. The number of allylic oxidation sites excluding steroid dienone is 2.